The van der Waals surface area contributed by atoms with Gasteiger partial charge in [0.15, 0.2) is 0 Å². The molecule has 0 spiro atoms. The van der Waals surface area contributed by atoms with Crippen molar-refractivity contribution in [2.24, 2.45) is 0 Å². The second-order valence-corrected chi connectivity index (χ2v) is 2.09. The molecule has 0 bridgehead atoms. The summed E-state index contributed by atoms with van der Waals surface area (Å²) in [7, 11) is 0. The standard InChI is InChI=1S/C8H8O3.Zr/c1-6(9)11-8-4-2-7(10)3-5-8;/h2-5,10H,1H3;. The molecule has 0 atom stereocenters. The second kappa shape index (κ2) is 5.10. The molecule has 12 heavy (non-hydrogen) atoms. The van der Waals surface area contributed by atoms with Crippen LogP contribution in [0.1, 0.15) is 6.92 Å². The Labute approximate surface area is 89.5 Å². The van der Waals surface area contributed by atoms with Crippen LogP contribution in [0.25, 0.3) is 0 Å². The summed E-state index contributed by atoms with van der Waals surface area (Å²) in [6.45, 7) is 1.33. The van der Waals surface area contributed by atoms with E-state index in [1.807, 2.05) is 0 Å². The number of phenols is 1. The largest absolute Gasteiger partial charge is 0.508 e. The fourth-order valence-corrected chi connectivity index (χ4v) is 0.680. The minimum Gasteiger partial charge on any atom is -0.508 e. The van der Waals surface area contributed by atoms with Crippen LogP contribution < -0.4 is 4.74 Å². The second-order valence-electron chi connectivity index (χ2n) is 2.09. The van der Waals surface area contributed by atoms with Crippen molar-refractivity contribution in [1.29, 1.82) is 0 Å². The summed E-state index contributed by atoms with van der Waals surface area (Å²) >= 11 is 0. The normalized spacial score (nSPS) is 8.42. The molecule has 1 rings (SSSR count). The van der Waals surface area contributed by atoms with E-state index in [0.717, 1.165) is 0 Å². The first-order valence-corrected chi connectivity index (χ1v) is 3.16. The van der Waals surface area contributed by atoms with E-state index < -0.39 is 0 Å². The van der Waals surface area contributed by atoms with Crippen LogP contribution in [0.15, 0.2) is 24.3 Å². The molecule has 0 radical (unpaired) electrons. The van der Waals surface area contributed by atoms with Crippen LogP contribution in [0, 0.1) is 0 Å². The van der Waals surface area contributed by atoms with Crippen molar-refractivity contribution >= 4 is 5.97 Å². The van der Waals surface area contributed by atoms with E-state index >= 15 is 0 Å². The minimum absolute atomic E-state index is 0. The molecule has 1 N–H and O–H groups in total. The van der Waals surface area contributed by atoms with Crippen molar-refractivity contribution in [3.63, 3.8) is 0 Å². The molecule has 0 unspecified atom stereocenters. The molecular formula is C8H8O3Zr. The average Bonchev–Trinajstić information content (AvgIpc) is 1.93. The monoisotopic (exact) mass is 242 g/mol. The van der Waals surface area contributed by atoms with Gasteiger partial charge in [-0.05, 0) is 24.3 Å². The Balaban J connectivity index is 0.00000121. The van der Waals surface area contributed by atoms with Crippen molar-refractivity contribution in [2.75, 3.05) is 0 Å². The van der Waals surface area contributed by atoms with Gasteiger partial charge in [0.25, 0.3) is 0 Å². The van der Waals surface area contributed by atoms with Crippen molar-refractivity contribution in [1.82, 2.24) is 0 Å². The fourth-order valence-electron chi connectivity index (χ4n) is 0.680. The van der Waals surface area contributed by atoms with Crippen LogP contribution >= 0.6 is 0 Å². The Bertz CT molecular complexity index is 256. The zero-order valence-electron chi connectivity index (χ0n) is 6.57. The Morgan fingerprint density at radius 2 is 1.83 bits per heavy atom. The number of ether oxygens (including phenoxy) is 1. The molecule has 4 heteroatoms. The van der Waals surface area contributed by atoms with Gasteiger partial charge in [0.2, 0.25) is 0 Å². The molecule has 0 aliphatic heterocycles. The van der Waals surface area contributed by atoms with E-state index in [-0.39, 0.29) is 37.9 Å². The third-order valence-corrected chi connectivity index (χ3v) is 1.10. The topological polar surface area (TPSA) is 46.5 Å². The van der Waals surface area contributed by atoms with Crippen molar-refractivity contribution in [3.05, 3.63) is 24.3 Å². The van der Waals surface area contributed by atoms with E-state index in [1.165, 1.54) is 31.2 Å². The number of hydrogen-bond acceptors (Lipinski definition) is 3. The quantitative estimate of drug-likeness (QED) is 0.597. The number of carbonyl (C=O) groups excluding carboxylic acids is 1. The van der Waals surface area contributed by atoms with Gasteiger partial charge >= 0.3 is 5.97 Å². The summed E-state index contributed by atoms with van der Waals surface area (Å²) in [6.07, 6.45) is 0. The van der Waals surface area contributed by atoms with Crippen LogP contribution in [-0.4, -0.2) is 11.1 Å². The molecule has 1 aromatic carbocycles. The van der Waals surface area contributed by atoms with Crippen molar-refractivity contribution in [3.8, 4) is 11.5 Å². The third kappa shape index (κ3) is 3.67. The molecule has 0 saturated heterocycles. The molecule has 3 nitrogen and oxygen atoms in total. The number of esters is 1. The number of benzene rings is 1. The van der Waals surface area contributed by atoms with Gasteiger partial charge in [0, 0.05) is 33.1 Å². The first-order chi connectivity index (χ1) is 5.18. The number of carbonyl (C=O) groups is 1. The molecule has 0 aliphatic carbocycles. The van der Waals surface area contributed by atoms with Crippen LogP contribution in [0.4, 0.5) is 0 Å². The SMILES string of the molecule is CC(=O)Oc1ccc(O)cc1.[Zr]. The molecule has 0 amide bonds. The summed E-state index contributed by atoms with van der Waals surface area (Å²) in [5, 5.41) is 8.85. The van der Waals surface area contributed by atoms with Gasteiger partial charge in [-0.2, -0.15) is 0 Å². The minimum atomic E-state index is -0.365. The Hall–Kier alpha value is -0.627. The first-order valence-electron chi connectivity index (χ1n) is 3.16. The third-order valence-electron chi connectivity index (χ3n) is 1.10. The van der Waals surface area contributed by atoms with E-state index in [4.69, 9.17) is 9.84 Å². The first kappa shape index (κ1) is 11.4. The van der Waals surface area contributed by atoms with Crippen molar-refractivity contribution < 1.29 is 40.8 Å². The Morgan fingerprint density at radius 3 is 2.25 bits per heavy atom. The summed E-state index contributed by atoms with van der Waals surface area (Å²) < 4.78 is 4.72. The molecule has 0 fully saturated rings. The van der Waals surface area contributed by atoms with Gasteiger partial charge in [-0.25, -0.2) is 0 Å². The van der Waals surface area contributed by atoms with Crippen LogP contribution in [0.3, 0.4) is 0 Å². The molecule has 62 valence electrons. The fraction of sp³-hybridized carbons (Fsp3) is 0.125. The van der Waals surface area contributed by atoms with E-state index in [1.54, 1.807) is 0 Å². The van der Waals surface area contributed by atoms with Gasteiger partial charge in [0.05, 0.1) is 0 Å². The Morgan fingerprint density at radius 1 is 1.33 bits per heavy atom. The predicted octanol–water partition coefficient (Wildman–Crippen LogP) is 1.31. The number of rotatable bonds is 1. The molecule has 0 saturated carbocycles. The summed E-state index contributed by atoms with van der Waals surface area (Å²) in [5.74, 6) is 0.229. The summed E-state index contributed by atoms with van der Waals surface area (Å²) in [4.78, 5) is 10.4. The number of hydrogen-bond donors (Lipinski definition) is 1. The summed E-state index contributed by atoms with van der Waals surface area (Å²) in [6, 6.07) is 5.96. The molecule has 0 aliphatic rings. The molecule has 1 aromatic rings. The smallest absolute Gasteiger partial charge is 0.308 e. The molecule has 0 heterocycles. The van der Waals surface area contributed by atoms with Gasteiger partial charge in [-0.3, -0.25) is 4.79 Å². The van der Waals surface area contributed by atoms with Crippen molar-refractivity contribution in [2.45, 2.75) is 6.92 Å². The zero-order chi connectivity index (χ0) is 8.27. The Kier molecular flexibility index (Phi) is 4.83. The van der Waals surface area contributed by atoms with Gasteiger partial charge in [-0.15, -0.1) is 0 Å². The average molecular weight is 243 g/mol. The molecular weight excluding hydrogens is 235 g/mol. The number of aromatic hydroxyl groups is 1. The maximum absolute atomic E-state index is 10.4. The van der Waals surface area contributed by atoms with Crippen LogP contribution in [0.2, 0.25) is 0 Å². The number of phenolic OH excluding ortho intramolecular Hbond substituents is 1. The maximum Gasteiger partial charge on any atom is 0.308 e. The van der Waals surface area contributed by atoms with Gasteiger partial charge in [-0.1, -0.05) is 0 Å². The van der Waals surface area contributed by atoms with E-state index in [2.05, 4.69) is 0 Å². The zero-order valence-corrected chi connectivity index (χ0v) is 9.03. The van der Waals surface area contributed by atoms with Gasteiger partial charge < -0.3 is 9.84 Å². The predicted molar refractivity (Wildman–Crippen MR) is 39.4 cm³/mol. The maximum atomic E-state index is 10.4. The van der Waals surface area contributed by atoms with Crippen LogP contribution in [-0.2, 0) is 31.0 Å². The van der Waals surface area contributed by atoms with Crippen LogP contribution in [0.5, 0.6) is 11.5 Å². The summed E-state index contributed by atoms with van der Waals surface area (Å²) in [5.41, 5.74) is 0. The molecule has 0 aromatic heterocycles. The van der Waals surface area contributed by atoms with E-state index in [0.29, 0.717) is 5.75 Å². The van der Waals surface area contributed by atoms with E-state index in [9.17, 15) is 4.79 Å². The van der Waals surface area contributed by atoms with Gasteiger partial charge in [0.1, 0.15) is 11.5 Å².